The quantitative estimate of drug-likeness (QED) is 0.643. The summed E-state index contributed by atoms with van der Waals surface area (Å²) in [7, 11) is -3.33. The lowest BCUT2D eigenvalue weighted by Gasteiger charge is -2.25. The highest BCUT2D eigenvalue weighted by molar-refractivity contribution is 7.92. The summed E-state index contributed by atoms with van der Waals surface area (Å²) >= 11 is 1.29. The van der Waals surface area contributed by atoms with Crippen molar-refractivity contribution in [3.8, 4) is 22.8 Å². The molecule has 1 aromatic heterocycles. The minimum Gasteiger partial charge on any atom is -0.485 e. The van der Waals surface area contributed by atoms with Gasteiger partial charge in [-0.1, -0.05) is 24.3 Å². The van der Waals surface area contributed by atoms with Crippen LogP contribution in [0, 0.1) is 0 Å². The van der Waals surface area contributed by atoms with Crippen molar-refractivity contribution in [1.29, 1.82) is 0 Å². The summed E-state index contributed by atoms with van der Waals surface area (Å²) in [5, 5.41) is 4.99. The third-order valence-corrected chi connectivity index (χ3v) is 5.38. The van der Waals surface area contributed by atoms with Crippen LogP contribution in [0.2, 0.25) is 0 Å². The van der Waals surface area contributed by atoms with E-state index in [1.165, 1.54) is 11.3 Å². The van der Waals surface area contributed by atoms with Gasteiger partial charge in [0.2, 0.25) is 16.1 Å². The number of para-hydroxylation sites is 2. The molecular formula is C19H17N3O5S2. The van der Waals surface area contributed by atoms with Crippen LogP contribution in [0.15, 0.2) is 53.9 Å². The van der Waals surface area contributed by atoms with Crippen molar-refractivity contribution < 1.29 is 22.7 Å². The molecule has 150 valence electrons. The van der Waals surface area contributed by atoms with E-state index < -0.39 is 16.1 Å². The summed E-state index contributed by atoms with van der Waals surface area (Å²) < 4.78 is 36.2. The number of rotatable bonds is 5. The molecule has 0 unspecified atom stereocenters. The van der Waals surface area contributed by atoms with Gasteiger partial charge in [0.05, 0.1) is 11.9 Å². The van der Waals surface area contributed by atoms with Crippen LogP contribution in [0.5, 0.6) is 11.5 Å². The van der Waals surface area contributed by atoms with E-state index in [0.29, 0.717) is 28.0 Å². The fraction of sp³-hybridized carbons (Fsp3) is 0.158. The summed E-state index contributed by atoms with van der Waals surface area (Å²) in [6.45, 7) is 0.121. The molecule has 0 radical (unpaired) electrons. The summed E-state index contributed by atoms with van der Waals surface area (Å²) in [6.07, 6.45) is 0.328. The van der Waals surface area contributed by atoms with E-state index in [0.717, 1.165) is 11.8 Å². The van der Waals surface area contributed by atoms with Crippen molar-refractivity contribution >= 4 is 38.1 Å². The molecule has 0 aliphatic carbocycles. The SMILES string of the molecule is CS(=O)(=O)Nc1ccc(-c2csc(NC(=O)[C@@H]3COc4ccccc4O3)n2)cc1. The molecule has 1 aliphatic rings. The Morgan fingerprint density at radius 1 is 1.14 bits per heavy atom. The van der Waals surface area contributed by atoms with Crippen molar-refractivity contribution in [2.24, 2.45) is 0 Å². The highest BCUT2D eigenvalue weighted by atomic mass is 32.2. The number of hydrogen-bond donors (Lipinski definition) is 2. The van der Waals surface area contributed by atoms with Crippen LogP contribution in [0.1, 0.15) is 0 Å². The smallest absolute Gasteiger partial charge is 0.270 e. The second kappa shape index (κ2) is 7.72. The highest BCUT2D eigenvalue weighted by Gasteiger charge is 2.27. The molecular weight excluding hydrogens is 414 g/mol. The third-order valence-electron chi connectivity index (χ3n) is 4.02. The molecule has 0 saturated heterocycles. The third kappa shape index (κ3) is 4.66. The minimum absolute atomic E-state index is 0.121. The summed E-state index contributed by atoms with van der Waals surface area (Å²) in [5.74, 6) is 0.802. The van der Waals surface area contributed by atoms with Crippen LogP contribution in [-0.2, 0) is 14.8 Å². The molecule has 0 fully saturated rings. The zero-order chi connectivity index (χ0) is 20.4. The van der Waals surface area contributed by atoms with Crippen molar-refractivity contribution in [1.82, 2.24) is 4.98 Å². The standard InChI is InChI=1S/C19H17N3O5S2/c1-29(24,25)22-13-8-6-12(7-9-13)14-11-28-19(20-14)21-18(23)17-10-26-15-4-2-3-5-16(15)27-17/h2-9,11,17,22H,10H2,1H3,(H,20,21,23)/t17-/m0/s1. The van der Waals surface area contributed by atoms with Gasteiger partial charge < -0.3 is 9.47 Å². The first-order valence-corrected chi connectivity index (χ1v) is 11.4. The zero-order valence-electron chi connectivity index (χ0n) is 15.3. The van der Waals surface area contributed by atoms with Gasteiger partial charge in [-0.2, -0.15) is 0 Å². The maximum Gasteiger partial charge on any atom is 0.270 e. The summed E-state index contributed by atoms with van der Waals surface area (Å²) in [4.78, 5) is 16.9. The molecule has 0 bridgehead atoms. The van der Waals surface area contributed by atoms with Gasteiger partial charge in [0.25, 0.3) is 5.91 Å². The van der Waals surface area contributed by atoms with E-state index in [-0.39, 0.29) is 12.5 Å². The molecule has 1 amide bonds. The van der Waals surface area contributed by atoms with Crippen LogP contribution in [0.4, 0.5) is 10.8 Å². The molecule has 2 heterocycles. The topological polar surface area (TPSA) is 107 Å². The molecule has 3 aromatic rings. The number of ether oxygens (including phenoxy) is 2. The van der Waals surface area contributed by atoms with Gasteiger partial charge in [0, 0.05) is 16.6 Å². The van der Waals surface area contributed by atoms with E-state index in [9.17, 15) is 13.2 Å². The van der Waals surface area contributed by atoms with Crippen molar-refractivity contribution in [2.45, 2.75) is 6.10 Å². The number of fused-ring (bicyclic) bond motifs is 1. The Labute approximate surface area is 171 Å². The Kier molecular flexibility index (Phi) is 5.12. The van der Waals surface area contributed by atoms with Crippen LogP contribution in [-0.4, -0.2) is 38.3 Å². The molecule has 10 heteroatoms. The van der Waals surface area contributed by atoms with E-state index in [2.05, 4.69) is 15.0 Å². The lowest BCUT2D eigenvalue weighted by atomic mass is 10.1. The molecule has 1 aliphatic heterocycles. The number of anilines is 2. The molecule has 8 nitrogen and oxygen atoms in total. The minimum atomic E-state index is -3.33. The average Bonchev–Trinajstić information content (AvgIpc) is 3.15. The zero-order valence-corrected chi connectivity index (χ0v) is 16.9. The molecule has 4 rings (SSSR count). The lowest BCUT2D eigenvalue weighted by molar-refractivity contribution is -0.125. The Hall–Kier alpha value is -3.11. The molecule has 0 spiro atoms. The fourth-order valence-electron chi connectivity index (χ4n) is 2.72. The van der Waals surface area contributed by atoms with Gasteiger partial charge in [-0.05, 0) is 24.3 Å². The number of aromatic nitrogens is 1. The van der Waals surface area contributed by atoms with Gasteiger partial charge in [0.15, 0.2) is 16.6 Å². The Morgan fingerprint density at radius 2 is 1.86 bits per heavy atom. The molecule has 2 N–H and O–H groups in total. The normalized spacial score (nSPS) is 15.6. The maximum atomic E-state index is 12.5. The Morgan fingerprint density at radius 3 is 2.59 bits per heavy atom. The number of thiazole rings is 1. The largest absolute Gasteiger partial charge is 0.485 e. The number of nitrogens with zero attached hydrogens (tertiary/aromatic N) is 1. The fourth-order valence-corrected chi connectivity index (χ4v) is 4.01. The second-order valence-electron chi connectivity index (χ2n) is 6.34. The van der Waals surface area contributed by atoms with Crippen LogP contribution in [0.25, 0.3) is 11.3 Å². The summed E-state index contributed by atoms with van der Waals surface area (Å²) in [6, 6.07) is 14.0. The second-order valence-corrected chi connectivity index (χ2v) is 8.95. The first kappa shape index (κ1) is 19.2. The molecule has 0 saturated carbocycles. The van der Waals surface area contributed by atoms with Crippen LogP contribution in [0.3, 0.4) is 0 Å². The number of benzene rings is 2. The van der Waals surface area contributed by atoms with Crippen molar-refractivity contribution in [3.63, 3.8) is 0 Å². The van der Waals surface area contributed by atoms with E-state index in [1.54, 1.807) is 36.4 Å². The Bertz CT molecular complexity index is 1140. The number of sulfonamides is 1. The van der Waals surface area contributed by atoms with Gasteiger partial charge in [-0.25, -0.2) is 13.4 Å². The number of hydrogen-bond acceptors (Lipinski definition) is 7. The van der Waals surface area contributed by atoms with E-state index >= 15 is 0 Å². The number of amides is 1. The number of carbonyl (C=O) groups excluding carboxylic acids is 1. The van der Waals surface area contributed by atoms with Crippen LogP contribution < -0.4 is 19.5 Å². The summed E-state index contributed by atoms with van der Waals surface area (Å²) in [5.41, 5.74) is 1.93. The van der Waals surface area contributed by atoms with Crippen molar-refractivity contribution in [3.05, 3.63) is 53.9 Å². The molecule has 1 atom stereocenters. The van der Waals surface area contributed by atoms with Gasteiger partial charge in [-0.3, -0.25) is 14.8 Å². The van der Waals surface area contributed by atoms with Crippen molar-refractivity contribution in [2.75, 3.05) is 22.9 Å². The first-order valence-electron chi connectivity index (χ1n) is 8.60. The van der Waals surface area contributed by atoms with Gasteiger partial charge >= 0.3 is 0 Å². The monoisotopic (exact) mass is 431 g/mol. The lowest BCUT2D eigenvalue weighted by Crippen LogP contribution is -2.40. The van der Waals surface area contributed by atoms with Gasteiger partial charge in [0.1, 0.15) is 6.61 Å². The molecule has 29 heavy (non-hydrogen) atoms. The number of nitrogens with one attached hydrogen (secondary N) is 2. The highest BCUT2D eigenvalue weighted by Crippen LogP contribution is 2.31. The van der Waals surface area contributed by atoms with Crippen LogP contribution >= 0.6 is 11.3 Å². The predicted molar refractivity (Wildman–Crippen MR) is 111 cm³/mol. The van der Waals surface area contributed by atoms with E-state index in [4.69, 9.17) is 9.47 Å². The van der Waals surface area contributed by atoms with Gasteiger partial charge in [-0.15, -0.1) is 11.3 Å². The number of carbonyl (C=O) groups is 1. The first-order chi connectivity index (χ1) is 13.9. The average molecular weight is 431 g/mol. The molecule has 2 aromatic carbocycles. The van der Waals surface area contributed by atoms with E-state index in [1.807, 2.05) is 17.5 Å². The maximum absolute atomic E-state index is 12.5. The Balaban J connectivity index is 1.41. The predicted octanol–water partition coefficient (Wildman–Crippen LogP) is 2.96.